The molecule has 0 bridgehead atoms. The van der Waals surface area contributed by atoms with Crippen molar-refractivity contribution in [2.75, 3.05) is 0 Å². The van der Waals surface area contributed by atoms with Crippen LogP contribution < -0.4 is 5.69 Å². The predicted octanol–water partition coefficient (Wildman–Crippen LogP) is 1.05. The van der Waals surface area contributed by atoms with E-state index < -0.39 is 0 Å². The first-order valence-corrected chi connectivity index (χ1v) is 6.57. The van der Waals surface area contributed by atoms with Crippen molar-refractivity contribution in [3.05, 3.63) is 40.1 Å². The Bertz CT molecular complexity index is 830. The highest BCUT2D eigenvalue weighted by atomic mass is 35.5. The van der Waals surface area contributed by atoms with Crippen molar-refractivity contribution in [2.24, 2.45) is 7.05 Å². The largest absolute Gasteiger partial charge is 0.328 e. The van der Waals surface area contributed by atoms with Crippen LogP contribution >= 0.6 is 11.6 Å². The van der Waals surface area contributed by atoms with Gasteiger partial charge < -0.3 is 0 Å². The summed E-state index contributed by atoms with van der Waals surface area (Å²) in [6.45, 7) is 2.84. The van der Waals surface area contributed by atoms with Gasteiger partial charge in [-0.3, -0.25) is 13.8 Å². The van der Waals surface area contributed by atoms with Gasteiger partial charge in [0.05, 0.1) is 18.1 Å². The Kier molecular flexibility index (Phi) is 3.06. The fourth-order valence-electron chi connectivity index (χ4n) is 2.07. The molecule has 3 heterocycles. The number of rotatable bonds is 3. The van der Waals surface area contributed by atoms with Gasteiger partial charge in [0.2, 0.25) is 0 Å². The van der Waals surface area contributed by atoms with E-state index in [2.05, 4.69) is 15.1 Å². The summed E-state index contributed by atoms with van der Waals surface area (Å²) >= 11 is 6.12. The van der Waals surface area contributed by atoms with Gasteiger partial charge in [-0.2, -0.15) is 5.10 Å². The van der Waals surface area contributed by atoms with Gasteiger partial charge in [-0.05, 0) is 6.92 Å². The first-order chi connectivity index (χ1) is 9.60. The van der Waals surface area contributed by atoms with E-state index >= 15 is 0 Å². The van der Waals surface area contributed by atoms with Crippen LogP contribution in [-0.2, 0) is 20.1 Å². The molecule has 0 aromatic carbocycles. The maximum absolute atomic E-state index is 12.0. The molecule has 3 rings (SSSR count). The number of hydrogen-bond acceptors (Lipinski definition) is 4. The highest BCUT2D eigenvalue weighted by Gasteiger charge is 2.11. The standard InChI is InChI=1S/C12H13ClN6O/c1-3-18-4-5-19(12(18)20)7-9-15-10(13)8-6-14-17(2)11(8)16-9/h4-6H,3,7H2,1-2H3. The molecule has 0 aliphatic carbocycles. The Labute approximate surface area is 119 Å². The van der Waals surface area contributed by atoms with Crippen LogP contribution in [0, 0.1) is 0 Å². The Morgan fingerprint density at radius 1 is 1.25 bits per heavy atom. The quantitative estimate of drug-likeness (QED) is 0.677. The number of fused-ring (bicyclic) bond motifs is 1. The van der Waals surface area contributed by atoms with E-state index in [0.717, 1.165) is 0 Å². The molecule has 0 aliphatic heterocycles. The number of halogens is 1. The summed E-state index contributed by atoms with van der Waals surface area (Å²) in [6.07, 6.45) is 5.09. The predicted molar refractivity (Wildman–Crippen MR) is 74.8 cm³/mol. The van der Waals surface area contributed by atoms with Gasteiger partial charge >= 0.3 is 5.69 Å². The summed E-state index contributed by atoms with van der Waals surface area (Å²) in [5, 5.41) is 5.15. The molecule has 3 aromatic rings. The molecule has 0 fully saturated rings. The zero-order valence-electron chi connectivity index (χ0n) is 11.1. The van der Waals surface area contributed by atoms with Gasteiger partial charge in [-0.1, -0.05) is 11.6 Å². The minimum atomic E-state index is -0.0858. The van der Waals surface area contributed by atoms with Crippen molar-refractivity contribution in [3.63, 3.8) is 0 Å². The summed E-state index contributed by atoms with van der Waals surface area (Å²) < 4.78 is 4.80. The second-order valence-corrected chi connectivity index (χ2v) is 4.79. The molecule has 0 radical (unpaired) electrons. The number of imidazole rings is 1. The van der Waals surface area contributed by atoms with Crippen LogP contribution in [0.3, 0.4) is 0 Å². The minimum absolute atomic E-state index is 0.0858. The monoisotopic (exact) mass is 292 g/mol. The Hall–Kier alpha value is -2.15. The third-order valence-corrected chi connectivity index (χ3v) is 3.45. The van der Waals surface area contributed by atoms with E-state index in [1.165, 1.54) is 0 Å². The lowest BCUT2D eigenvalue weighted by Crippen LogP contribution is -2.24. The Morgan fingerprint density at radius 2 is 2.00 bits per heavy atom. The van der Waals surface area contributed by atoms with Crippen molar-refractivity contribution in [2.45, 2.75) is 20.0 Å². The second kappa shape index (κ2) is 4.75. The first-order valence-electron chi connectivity index (χ1n) is 6.20. The molecule has 7 nitrogen and oxygen atoms in total. The molecule has 20 heavy (non-hydrogen) atoms. The lowest BCUT2D eigenvalue weighted by Gasteiger charge is -2.03. The topological polar surface area (TPSA) is 70.5 Å². The fourth-order valence-corrected chi connectivity index (χ4v) is 2.30. The maximum atomic E-state index is 12.0. The Balaban J connectivity index is 2.04. The van der Waals surface area contributed by atoms with Crippen LogP contribution in [0.5, 0.6) is 0 Å². The molecule has 0 spiro atoms. The third kappa shape index (κ3) is 2.00. The van der Waals surface area contributed by atoms with E-state index in [1.807, 2.05) is 6.92 Å². The van der Waals surface area contributed by atoms with E-state index in [9.17, 15) is 4.79 Å². The molecule has 104 valence electrons. The maximum Gasteiger partial charge on any atom is 0.328 e. The molecule has 3 aromatic heterocycles. The van der Waals surface area contributed by atoms with Crippen molar-refractivity contribution < 1.29 is 0 Å². The first kappa shape index (κ1) is 12.9. The van der Waals surface area contributed by atoms with Gasteiger partial charge in [0.25, 0.3) is 0 Å². The minimum Gasteiger partial charge on any atom is -0.300 e. The molecule has 0 unspecified atom stereocenters. The van der Waals surface area contributed by atoms with Crippen LogP contribution in [-0.4, -0.2) is 28.9 Å². The van der Waals surface area contributed by atoms with E-state index in [0.29, 0.717) is 28.6 Å². The van der Waals surface area contributed by atoms with E-state index in [1.54, 1.807) is 39.5 Å². The van der Waals surface area contributed by atoms with Gasteiger partial charge in [-0.15, -0.1) is 0 Å². The van der Waals surface area contributed by atoms with Crippen LogP contribution in [0.2, 0.25) is 5.15 Å². The molecule has 0 saturated carbocycles. The smallest absolute Gasteiger partial charge is 0.300 e. The van der Waals surface area contributed by atoms with Crippen LogP contribution in [0.25, 0.3) is 11.0 Å². The van der Waals surface area contributed by atoms with Crippen molar-refractivity contribution >= 4 is 22.6 Å². The summed E-state index contributed by atoms with van der Waals surface area (Å²) in [4.78, 5) is 20.6. The second-order valence-electron chi connectivity index (χ2n) is 4.43. The lowest BCUT2D eigenvalue weighted by molar-refractivity contribution is 0.652. The molecular weight excluding hydrogens is 280 g/mol. The summed E-state index contributed by atoms with van der Waals surface area (Å²) in [5.74, 6) is 0.488. The summed E-state index contributed by atoms with van der Waals surface area (Å²) in [6, 6.07) is 0. The molecule has 0 saturated heterocycles. The van der Waals surface area contributed by atoms with Gasteiger partial charge in [0.15, 0.2) is 11.5 Å². The van der Waals surface area contributed by atoms with Crippen molar-refractivity contribution in [1.82, 2.24) is 28.9 Å². The average Bonchev–Trinajstić information content (AvgIpc) is 2.96. The number of nitrogens with zero attached hydrogens (tertiary/aromatic N) is 6. The van der Waals surface area contributed by atoms with Crippen LogP contribution in [0.15, 0.2) is 23.4 Å². The SMILES string of the molecule is CCn1ccn(Cc2nc(Cl)c3cnn(C)c3n2)c1=O. The summed E-state index contributed by atoms with van der Waals surface area (Å²) in [5.41, 5.74) is 0.570. The van der Waals surface area contributed by atoms with Crippen LogP contribution in [0.1, 0.15) is 12.7 Å². The molecule has 0 atom stereocenters. The zero-order chi connectivity index (χ0) is 14.3. The fraction of sp³-hybridized carbons (Fsp3) is 0.333. The molecule has 0 N–H and O–H groups in total. The average molecular weight is 293 g/mol. The van der Waals surface area contributed by atoms with Crippen molar-refractivity contribution in [3.8, 4) is 0 Å². The highest BCUT2D eigenvalue weighted by molar-refractivity contribution is 6.33. The third-order valence-electron chi connectivity index (χ3n) is 3.16. The molecule has 0 amide bonds. The normalized spacial score (nSPS) is 11.3. The van der Waals surface area contributed by atoms with Crippen molar-refractivity contribution in [1.29, 1.82) is 0 Å². The van der Waals surface area contributed by atoms with Crippen LogP contribution in [0.4, 0.5) is 0 Å². The summed E-state index contributed by atoms with van der Waals surface area (Å²) in [7, 11) is 1.79. The lowest BCUT2D eigenvalue weighted by atomic mass is 10.4. The van der Waals surface area contributed by atoms with Gasteiger partial charge in [0.1, 0.15) is 5.15 Å². The van der Waals surface area contributed by atoms with Gasteiger partial charge in [-0.25, -0.2) is 14.8 Å². The number of hydrogen-bond donors (Lipinski definition) is 0. The zero-order valence-corrected chi connectivity index (χ0v) is 11.9. The molecule has 8 heteroatoms. The highest BCUT2D eigenvalue weighted by Crippen LogP contribution is 2.19. The van der Waals surface area contributed by atoms with E-state index in [4.69, 9.17) is 11.6 Å². The molecule has 0 aliphatic rings. The number of aromatic nitrogens is 6. The van der Waals surface area contributed by atoms with E-state index in [-0.39, 0.29) is 12.2 Å². The van der Waals surface area contributed by atoms with Gasteiger partial charge in [0, 0.05) is 26.0 Å². The number of aryl methyl sites for hydroxylation is 2. The molecular formula is C12H13ClN6O. The Morgan fingerprint density at radius 3 is 2.70 bits per heavy atom.